The highest BCUT2D eigenvalue weighted by Gasteiger charge is 2.13. The van der Waals surface area contributed by atoms with E-state index in [9.17, 15) is 0 Å². The third-order valence-corrected chi connectivity index (χ3v) is 3.56. The summed E-state index contributed by atoms with van der Waals surface area (Å²) in [4.78, 5) is 4.06. The van der Waals surface area contributed by atoms with Crippen LogP contribution in [0.3, 0.4) is 0 Å². The van der Waals surface area contributed by atoms with Gasteiger partial charge in [-0.3, -0.25) is 4.98 Å². The minimum atomic E-state index is 0.354. The minimum Gasteiger partial charge on any atom is -0.313 e. The molecule has 0 fully saturated rings. The fraction of sp³-hybridized carbons (Fsp3) is 0.312. The van der Waals surface area contributed by atoms with Crippen molar-refractivity contribution in [3.05, 3.63) is 65.0 Å². The molecule has 0 saturated heterocycles. The monoisotopic (exact) mass is 240 g/mol. The van der Waals surface area contributed by atoms with E-state index in [1.54, 1.807) is 0 Å². The summed E-state index contributed by atoms with van der Waals surface area (Å²) in [6, 6.07) is 11.0. The molecule has 0 aliphatic heterocycles. The maximum Gasteiger partial charge on any atom is 0.0361 e. The van der Waals surface area contributed by atoms with Crippen LogP contribution in [0.25, 0.3) is 0 Å². The Bertz CT molecular complexity index is 506. The van der Waals surface area contributed by atoms with Crippen LogP contribution in [0.1, 0.15) is 28.3 Å². The SMILES string of the molecule is CNC(Cc1ccncc1)c1cccc(C)c1C. The molecule has 0 aliphatic carbocycles. The van der Waals surface area contributed by atoms with Crippen LogP contribution >= 0.6 is 0 Å². The molecule has 0 bridgehead atoms. The molecule has 2 heteroatoms. The third-order valence-electron chi connectivity index (χ3n) is 3.56. The molecule has 1 N–H and O–H groups in total. The lowest BCUT2D eigenvalue weighted by atomic mass is 9.93. The first-order valence-electron chi connectivity index (χ1n) is 6.34. The van der Waals surface area contributed by atoms with Gasteiger partial charge in [-0.05, 0) is 61.7 Å². The molecule has 1 atom stereocenters. The Morgan fingerprint density at radius 3 is 2.50 bits per heavy atom. The van der Waals surface area contributed by atoms with Gasteiger partial charge in [0.05, 0.1) is 0 Å². The van der Waals surface area contributed by atoms with E-state index in [1.165, 1.54) is 22.3 Å². The molecule has 18 heavy (non-hydrogen) atoms. The molecule has 1 aromatic heterocycles. The zero-order chi connectivity index (χ0) is 13.0. The van der Waals surface area contributed by atoms with Crippen LogP contribution in [0.2, 0.25) is 0 Å². The first-order chi connectivity index (χ1) is 8.72. The van der Waals surface area contributed by atoms with Gasteiger partial charge in [0.2, 0.25) is 0 Å². The van der Waals surface area contributed by atoms with Crippen molar-refractivity contribution >= 4 is 0 Å². The molecule has 1 heterocycles. The quantitative estimate of drug-likeness (QED) is 0.887. The van der Waals surface area contributed by atoms with Gasteiger partial charge in [-0.25, -0.2) is 0 Å². The Morgan fingerprint density at radius 1 is 1.11 bits per heavy atom. The molecule has 2 aromatic rings. The normalized spacial score (nSPS) is 12.4. The summed E-state index contributed by atoms with van der Waals surface area (Å²) in [5, 5.41) is 3.41. The Balaban J connectivity index is 2.26. The van der Waals surface area contributed by atoms with Crippen molar-refractivity contribution in [2.45, 2.75) is 26.3 Å². The van der Waals surface area contributed by atoms with Crippen molar-refractivity contribution in [3.63, 3.8) is 0 Å². The number of aromatic nitrogens is 1. The zero-order valence-corrected chi connectivity index (χ0v) is 11.3. The lowest BCUT2D eigenvalue weighted by Crippen LogP contribution is -2.20. The fourth-order valence-electron chi connectivity index (χ4n) is 2.27. The molecule has 0 saturated carbocycles. The van der Waals surface area contributed by atoms with Gasteiger partial charge in [-0.2, -0.15) is 0 Å². The van der Waals surface area contributed by atoms with E-state index in [0.717, 1.165) is 6.42 Å². The number of rotatable bonds is 4. The van der Waals surface area contributed by atoms with E-state index >= 15 is 0 Å². The molecule has 2 nitrogen and oxygen atoms in total. The second kappa shape index (κ2) is 5.78. The van der Waals surface area contributed by atoms with Crippen molar-refractivity contribution < 1.29 is 0 Å². The van der Waals surface area contributed by atoms with Gasteiger partial charge < -0.3 is 5.32 Å². The van der Waals surface area contributed by atoms with Crippen molar-refractivity contribution in [2.75, 3.05) is 7.05 Å². The molecule has 0 aliphatic rings. The van der Waals surface area contributed by atoms with Gasteiger partial charge in [0.1, 0.15) is 0 Å². The second-order valence-corrected chi connectivity index (χ2v) is 4.69. The molecule has 0 amide bonds. The number of benzene rings is 1. The first-order valence-corrected chi connectivity index (χ1v) is 6.34. The van der Waals surface area contributed by atoms with Gasteiger partial charge >= 0.3 is 0 Å². The Kier molecular flexibility index (Phi) is 4.11. The van der Waals surface area contributed by atoms with E-state index in [2.05, 4.69) is 54.5 Å². The molecular formula is C16H20N2. The summed E-state index contributed by atoms with van der Waals surface area (Å²) in [5.74, 6) is 0. The van der Waals surface area contributed by atoms with Crippen molar-refractivity contribution in [2.24, 2.45) is 0 Å². The van der Waals surface area contributed by atoms with Gasteiger partial charge in [0.15, 0.2) is 0 Å². The second-order valence-electron chi connectivity index (χ2n) is 4.69. The maximum absolute atomic E-state index is 4.06. The standard InChI is InChI=1S/C16H20N2/c1-12-5-4-6-15(13(12)2)16(17-3)11-14-7-9-18-10-8-14/h4-10,16-17H,11H2,1-3H3. The lowest BCUT2D eigenvalue weighted by Gasteiger charge is -2.20. The minimum absolute atomic E-state index is 0.354. The molecule has 1 aromatic carbocycles. The van der Waals surface area contributed by atoms with Crippen LogP contribution in [-0.4, -0.2) is 12.0 Å². The number of hydrogen-bond donors (Lipinski definition) is 1. The van der Waals surface area contributed by atoms with Gasteiger partial charge in [0, 0.05) is 18.4 Å². The number of aryl methyl sites for hydroxylation is 1. The maximum atomic E-state index is 4.06. The lowest BCUT2D eigenvalue weighted by molar-refractivity contribution is 0.588. The number of pyridine rings is 1. The molecule has 94 valence electrons. The van der Waals surface area contributed by atoms with Crippen LogP contribution in [0.5, 0.6) is 0 Å². The van der Waals surface area contributed by atoms with Gasteiger partial charge in [-0.1, -0.05) is 18.2 Å². The largest absolute Gasteiger partial charge is 0.313 e. The number of likely N-dealkylation sites (N-methyl/N-ethyl adjacent to an activating group) is 1. The summed E-state index contributed by atoms with van der Waals surface area (Å²) in [7, 11) is 2.02. The van der Waals surface area contributed by atoms with Gasteiger partial charge in [0.25, 0.3) is 0 Å². The average Bonchev–Trinajstić information content (AvgIpc) is 2.41. The van der Waals surface area contributed by atoms with Crippen molar-refractivity contribution in [1.82, 2.24) is 10.3 Å². The predicted molar refractivity (Wildman–Crippen MR) is 75.7 cm³/mol. The highest BCUT2D eigenvalue weighted by molar-refractivity contribution is 5.36. The van der Waals surface area contributed by atoms with Crippen LogP contribution in [0, 0.1) is 13.8 Å². The van der Waals surface area contributed by atoms with Crippen LogP contribution in [0.4, 0.5) is 0 Å². The molecule has 2 rings (SSSR count). The molecule has 0 spiro atoms. The van der Waals surface area contributed by atoms with E-state index in [0.29, 0.717) is 6.04 Å². The van der Waals surface area contributed by atoms with Crippen molar-refractivity contribution in [1.29, 1.82) is 0 Å². The summed E-state index contributed by atoms with van der Waals surface area (Å²) in [6.45, 7) is 4.36. The van der Waals surface area contributed by atoms with Crippen molar-refractivity contribution in [3.8, 4) is 0 Å². The molecule has 0 radical (unpaired) electrons. The number of nitrogens with one attached hydrogen (secondary N) is 1. The van der Waals surface area contributed by atoms with Gasteiger partial charge in [-0.15, -0.1) is 0 Å². The third kappa shape index (κ3) is 2.77. The smallest absolute Gasteiger partial charge is 0.0361 e. The van der Waals surface area contributed by atoms with E-state index < -0.39 is 0 Å². The summed E-state index contributed by atoms with van der Waals surface area (Å²) < 4.78 is 0. The van der Waals surface area contributed by atoms with E-state index in [4.69, 9.17) is 0 Å². The summed E-state index contributed by atoms with van der Waals surface area (Å²) in [6.07, 6.45) is 4.69. The Labute approximate surface area is 109 Å². The molecular weight excluding hydrogens is 220 g/mol. The number of hydrogen-bond acceptors (Lipinski definition) is 2. The predicted octanol–water partition coefficient (Wildman–Crippen LogP) is 3.20. The zero-order valence-electron chi connectivity index (χ0n) is 11.3. The van der Waals surface area contributed by atoms with Crippen LogP contribution < -0.4 is 5.32 Å². The van der Waals surface area contributed by atoms with E-state index in [1.807, 2.05) is 19.4 Å². The summed E-state index contributed by atoms with van der Waals surface area (Å²) >= 11 is 0. The van der Waals surface area contributed by atoms with E-state index in [-0.39, 0.29) is 0 Å². The first kappa shape index (κ1) is 12.8. The Morgan fingerprint density at radius 2 is 1.83 bits per heavy atom. The van der Waals surface area contributed by atoms with Crippen LogP contribution in [0.15, 0.2) is 42.7 Å². The number of nitrogens with zero attached hydrogens (tertiary/aromatic N) is 1. The Hall–Kier alpha value is -1.67. The highest BCUT2D eigenvalue weighted by atomic mass is 14.9. The average molecular weight is 240 g/mol. The van der Waals surface area contributed by atoms with Crippen LogP contribution in [-0.2, 0) is 6.42 Å². The molecule has 1 unspecified atom stereocenters. The topological polar surface area (TPSA) is 24.9 Å². The fourth-order valence-corrected chi connectivity index (χ4v) is 2.27. The summed E-state index contributed by atoms with van der Waals surface area (Å²) in [5.41, 5.74) is 5.42. The highest BCUT2D eigenvalue weighted by Crippen LogP contribution is 2.23.